The number of nitrogens with one attached hydrogen (secondary N) is 1. The zero-order valence-corrected chi connectivity index (χ0v) is 11.2. The standard InChI is InChI=1S/C15H22N2O2/c18-15-11-19-10-14(15)16-12-4-6-13(7-5-12)17-8-2-1-3-9-17/h4-7,14-16,18H,1-3,8-11H2. The lowest BCUT2D eigenvalue weighted by Crippen LogP contribution is -2.32. The minimum Gasteiger partial charge on any atom is -0.388 e. The third-order valence-corrected chi connectivity index (χ3v) is 3.99. The lowest BCUT2D eigenvalue weighted by Gasteiger charge is -2.29. The number of benzene rings is 1. The van der Waals surface area contributed by atoms with Gasteiger partial charge in [-0.25, -0.2) is 0 Å². The Balaban J connectivity index is 1.61. The van der Waals surface area contributed by atoms with Crippen LogP contribution in [0.25, 0.3) is 0 Å². The molecule has 2 N–H and O–H groups in total. The molecule has 3 rings (SSSR count). The van der Waals surface area contributed by atoms with Gasteiger partial charge in [-0.15, -0.1) is 0 Å². The Hall–Kier alpha value is -1.26. The lowest BCUT2D eigenvalue weighted by atomic mass is 10.1. The van der Waals surface area contributed by atoms with E-state index in [4.69, 9.17) is 4.74 Å². The maximum Gasteiger partial charge on any atom is 0.0996 e. The van der Waals surface area contributed by atoms with Crippen LogP contribution in [0.4, 0.5) is 11.4 Å². The first kappa shape index (κ1) is 12.8. The van der Waals surface area contributed by atoms with Crippen LogP contribution in [0.5, 0.6) is 0 Å². The summed E-state index contributed by atoms with van der Waals surface area (Å²) in [5.41, 5.74) is 2.35. The number of rotatable bonds is 3. The summed E-state index contributed by atoms with van der Waals surface area (Å²) in [6.07, 6.45) is 3.55. The van der Waals surface area contributed by atoms with Gasteiger partial charge in [0.25, 0.3) is 0 Å². The first-order valence-corrected chi connectivity index (χ1v) is 7.20. The van der Waals surface area contributed by atoms with Gasteiger partial charge in [0.1, 0.15) is 0 Å². The van der Waals surface area contributed by atoms with Crippen molar-refractivity contribution >= 4 is 11.4 Å². The summed E-state index contributed by atoms with van der Waals surface area (Å²) in [6, 6.07) is 8.52. The van der Waals surface area contributed by atoms with E-state index in [0.717, 1.165) is 5.69 Å². The lowest BCUT2D eigenvalue weighted by molar-refractivity contribution is 0.125. The summed E-state index contributed by atoms with van der Waals surface area (Å²) in [5.74, 6) is 0. The second-order valence-corrected chi connectivity index (χ2v) is 5.45. The normalized spacial score (nSPS) is 27.5. The third kappa shape index (κ3) is 3.01. The first-order valence-electron chi connectivity index (χ1n) is 7.20. The Morgan fingerprint density at radius 2 is 1.79 bits per heavy atom. The largest absolute Gasteiger partial charge is 0.388 e. The predicted molar refractivity (Wildman–Crippen MR) is 76.7 cm³/mol. The van der Waals surface area contributed by atoms with Crippen LogP contribution in [0.1, 0.15) is 19.3 Å². The summed E-state index contributed by atoms with van der Waals surface area (Å²) in [7, 11) is 0. The third-order valence-electron chi connectivity index (χ3n) is 3.99. The summed E-state index contributed by atoms with van der Waals surface area (Å²) in [5, 5.41) is 13.0. The molecule has 2 fully saturated rings. The maximum absolute atomic E-state index is 9.71. The van der Waals surface area contributed by atoms with Gasteiger partial charge >= 0.3 is 0 Å². The molecule has 4 nitrogen and oxygen atoms in total. The number of aliphatic hydroxyl groups is 1. The topological polar surface area (TPSA) is 44.7 Å². The molecule has 4 heteroatoms. The van der Waals surface area contributed by atoms with Gasteiger partial charge in [0, 0.05) is 24.5 Å². The minimum absolute atomic E-state index is 0.0147. The van der Waals surface area contributed by atoms with Gasteiger partial charge < -0.3 is 20.1 Å². The van der Waals surface area contributed by atoms with Crippen LogP contribution >= 0.6 is 0 Å². The highest BCUT2D eigenvalue weighted by Crippen LogP contribution is 2.22. The fourth-order valence-corrected chi connectivity index (χ4v) is 2.82. The monoisotopic (exact) mass is 262 g/mol. The number of aliphatic hydroxyl groups excluding tert-OH is 1. The Kier molecular flexibility index (Phi) is 3.89. The van der Waals surface area contributed by atoms with Crippen LogP contribution < -0.4 is 10.2 Å². The van der Waals surface area contributed by atoms with Crippen molar-refractivity contribution < 1.29 is 9.84 Å². The number of hydrogen-bond acceptors (Lipinski definition) is 4. The van der Waals surface area contributed by atoms with Gasteiger partial charge in [0.05, 0.1) is 25.4 Å². The van der Waals surface area contributed by atoms with Gasteiger partial charge in [0.2, 0.25) is 0 Å². The number of nitrogens with zero attached hydrogens (tertiary/aromatic N) is 1. The fraction of sp³-hybridized carbons (Fsp3) is 0.600. The molecule has 0 saturated carbocycles. The Labute approximate surface area is 114 Å². The molecule has 2 heterocycles. The number of hydrogen-bond donors (Lipinski definition) is 2. The molecule has 0 spiro atoms. The van der Waals surface area contributed by atoms with Gasteiger partial charge in [-0.05, 0) is 43.5 Å². The summed E-state index contributed by atoms with van der Waals surface area (Å²) < 4.78 is 5.24. The molecule has 2 aliphatic rings. The summed E-state index contributed by atoms with van der Waals surface area (Å²) in [6.45, 7) is 3.35. The zero-order valence-electron chi connectivity index (χ0n) is 11.2. The number of piperidine rings is 1. The Bertz CT molecular complexity index is 401. The van der Waals surface area contributed by atoms with Crippen molar-refractivity contribution in [1.29, 1.82) is 0 Å². The highest BCUT2D eigenvalue weighted by atomic mass is 16.5. The van der Waals surface area contributed by atoms with Crippen molar-refractivity contribution in [1.82, 2.24) is 0 Å². The SMILES string of the molecule is OC1COCC1Nc1ccc(N2CCCCC2)cc1. The molecular weight excluding hydrogens is 240 g/mol. The van der Waals surface area contributed by atoms with Crippen LogP contribution in [0.2, 0.25) is 0 Å². The molecule has 104 valence electrons. The molecule has 2 atom stereocenters. The summed E-state index contributed by atoms with van der Waals surface area (Å²) >= 11 is 0. The Morgan fingerprint density at radius 1 is 1.05 bits per heavy atom. The van der Waals surface area contributed by atoms with Crippen molar-refractivity contribution in [3.05, 3.63) is 24.3 Å². The second kappa shape index (κ2) is 5.80. The van der Waals surface area contributed by atoms with Gasteiger partial charge in [0.15, 0.2) is 0 Å². The molecule has 0 aromatic heterocycles. The van der Waals surface area contributed by atoms with Gasteiger partial charge in [-0.1, -0.05) is 0 Å². The molecule has 0 aliphatic carbocycles. The second-order valence-electron chi connectivity index (χ2n) is 5.45. The van der Waals surface area contributed by atoms with Gasteiger partial charge in [-0.2, -0.15) is 0 Å². The fourth-order valence-electron chi connectivity index (χ4n) is 2.82. The van der Waals surface area contributed by atoms with Crippen LogP contribution in [0, 0.1) is 0 Å². The molecule has 1 aromatic carbocycles. The van der Waals surface area contributed by atoms with Crippen LogP contribution in [0.15, 0.2) is 24.3 Å². The highest BCUT2D eigenvalue weighted by molar-refractivity contribution is 5.55. The van der Waals surface area contributed by atoms with Crippen LogP contribution in [-0.2, 0) is 4.74 Å². The van der Waals surface area contributed by atoms with Crippen molar-refractivity contribution in [2.45, 2.75) is 31.4 Å². The highest BCUT2D eigenvalue weighted by Gasteiger charge is 2.25. The Morgan fingerprint density at radius 3 is 2.42 bits per heavy atom. The molecule has 2 aliphatic heterocycles. The smallest absolute Gasteiger partial charge is 0.0996 e. The number of anilines is 2. The maximum atomic E-state index is 9.71. The molecule has 2 saturated heterocycles. The van der Waals surface area contributed by atoms with E-state index < -0.39 is 6.10 Å². The van der Waals surface area contributed by atoms with Crippen LogP contribution in [-0.4, -0.2) is 43.6 Å². The van der Waals surface area contributed by atoms with Crippen molar-refractivity contribution in [2.24, 2.45) is 0 Å². The van der Waals surface area contributed by atoms with Crippen molar-refractivity contribution in [3.63, 3.8) is 0 Å². The van der Waals surface area contributed by atoms with Crippen LogP contribution in [0.3, 0.4) is 0 Å². The molecule has 1 aromatic rings. The zero-order chi connectivity index (χ0) is 13.1. The molecule has 19 heavy (non-hydrogen) atoms. The minimum atomic E-state index is -0.401. The molecule has 0 bridgehead atoms. The van der Waals surface area contributed by atoms with E-state index in [1.807, 2.05) is 0 Å². The van der Waals surface area contributed by atoms with E-state index in [9.17, 15) is 5.11 Å². The average Bonchev–Trinajstić information content (AvgIpc) is 2.86. The van der Waals surface area contributed by atoms with E-state index in [0.29, 0.717) is 13.2 Å². The van der Waals surface area contributed by atoms with Gasteiger partial charge in [-0.3, -0.25) is 0 Å². The quantitative estimate of drug-likeness (QED) is 0.872. The molecule has 0 radical (unpaired) electrons. The van der Waals surface area contributed by atoms with E-state index in [1.54, 1.807) is 0 Å². The predicted octanol–water partition coefficient (Wildman–Crippen LogP) is 1.85. The first-order chi connectivity index (χ1) is 9.33. The van der Waals surface area contributed by atoms with Crippen molar-refractivity contribution in [2.75, 3.05) is 36.5 Å². The number of ether oxygens (including phenoxy) is 1. The van der Waals surface area contributed by atoms with E-state index in [2.05, 4.69) is 34.5 Å². The average molecular weight is 262 g/mol. The summed E-state index contributed by atoms with van der Waals surface area (Å²) in [4.78, 5) is 2.45. The van der Waals surface area contributed by atoms with E-state index >= 15 is 0 Å². The molecule has 0 amide bonds. The molecule has 2 unspecified atom stereocenters. The van der Waals surface area contributed by atoms with E-state index in [-0.39, 0.29) is 6.04 Å². The molecular formula is C15H22N2O2. The van der Waals surface area contributed by atoms with E-state index in [1.165, 1.54) is 38.0 Å². The van der Waals surface area contributed by atoms with Crippen molar-refractivity contribution in [3.8, 4) is 0 Å².